The summed E-state index contributed by atoms with van der Waals surface area (Å²) in [6.45, 7) is 2.69. The summed E-state index contributed by atoms with van der Waals surface area (Å²) in [6.07, 6.45) is 1.63. The van der Waals surface area contributed by atoms with Crippen LogP contribution in [0.5, 0.6) is 0 Å². The zero-order valence-corrected chi connectivity index (χ0v) is 17.3. The van der Waals surface area contributed by atoms with Crippen molar-refractivity contribution in [3.63, 3.8) is 0 Å². The summed E-state index contributed by atoms with van der Waals surface area (Å²) >= 11 is 0. The third-order valence-corrected chi connectivity index (χ3v) is 6.51. The van der Waals surface area contributed by atoms with Crippen molar-refractivity contribution < 1.29 is 14.4 Å². The van der Waals surface area contributed by atoms with Gasteiger partial charge in [0.2, 0.25) is 11.8 Å². The van der Waals surface area contributed by atoms with Crippen LogP contribution in [0.15, 0.2) is 42.5 Å². The molecule has 2 aromatic carbocycles. The first-order valence-corrected chi connectivity index (χ1v) is 10.9. The number of carbonyl (C=O) groups excluding carboxylic acids is 3. The Morgan fingerprint density at radius 1 is 1.00 bits per heavy atom. The Morgan fingerprint density at radius 2 is 1.81 bits per heavy atom. The van der Waals surface area contributed by atoms with Gasteiger partial charge in [-0.15, -0.1) is 0 Å². The molecule has 7 nitrogen and oxygen atoms in total. The Kier molecular flexibility index (Phi) is 5.29. The molecule has 0 bridgehead atoms. The molecule has 160 valence electrons. The van der Waals surface area contributed by atoms with Crippen molar-refractivity contribution in [2.24, 2.45) is 0 Å². The normalized spacial score (nSPS) is 22.8. The Hall–Kier alpha value is -3.03. The molecule has 5 rings (SSSR count). The van der Waals surface area contributed by atoms with E-state index in [-0.39, 0.29) is 24.1 Å². The number of imide groups is 1. The van der Waals surface area contributed by atoms with E-state index in [0.717, 1.165) is 30.6 Å². The van der Waals surface area contributed by atoms with Crippen molar-refractivity contribution in [2.75, 3.05) is 6.54 Å². The Bertz CT molecular complexity index is 1050. The molecular weight excluding hydrogens is 392 g/mol. The Balaban J connectivity index is 1.23. The number of hydrogen-bond acceptors (Lipinski definition) is 5. The fourth-order valence-corrected chi connectivity index (χ4v) is 4.88. The van der Waals surface area contributed by atoms with Crippen LogP contribution in [0.4, 0.5) is 0 Å². The van der Waals surface area contributed by atoms with Gasteiger partial charge in [-0.05, 0) is 35.1 Å². The molecule has 1 saturated heterocycles. The van der Waals surface area contributed by atoms with E-state index in [1.54, 1.807) is 4.90 Å². The number of nitrogens with one attached hydrogen (secondary N) is 3. The predicted octanol–water partition coefficient (Wildman–Crippen LogP) is 1.25. The van der Waals surface area contributed by atoms with E-state index < -0.39 is 6.04 Å². The van der Waals surface area contributed by atoms with Crippen LogP contribution in [0.2, 0.25) is 0 Å². The summed E-state index contributed by atoms with van der Waals surface area (Å²) in [6, 6.07) is 14.2. The second-order valence-corrected chi connectivity index (χ2v) is 8.53. The fourth-order valence-electron chi connectivity index (χ4n) is 4.88. The van der Waals surface area contributed by atoms with E-state index >= 15 is 0 Å². The first-order valence-electron chi connectivity index (χ1n) is 10.9. The van der Waals surface area contributed by atoms with Crippen molar-refractivity contribution in [1.29, 1.82) is 0 Å². The number of amides is 3. The molecule has 0 saturated carbocycles. The molecule has 0 spiro atoms. The molecule has 3 amide bonds. The first kappa shape index (κ1) is 19.9. The van der Waals surface area contributed by atoms with Crippen LogP contribution in [0.25, 0.3) is 0 Å². The average Bonchev–Trinajstić information content (AvgIpc) is 3.11. The molecule has 3 heterocycles. The molecule has 7 heteroatoms. The van der Waals surface area contributed by atoms with Gasteiger partial charge in [-0.25, -0.2) is 0 Å². The summed E-state index contributed by atoms with van der Waals surface area (Å²) < 4.78 is 0. The SMILES string of the molecule is O=C1CCC(N2Cc3cccc(CNCC4Cc5ccccc5CN4)c3C2=O)C(=O)N1. The summed E-state index contributed by atoms with van der Waals surface area (Å²) in [5, 5.41) is 9.43. The average molecular weight is 418 g/mol. The van der Waals surface area contributed by atoms with Gasteiger partial charge in [0.05, 0.1) is 0 Å². The quantitative estimate of drug-likeness (QED) is 0.636. The highest BCUT2D eigenvalue weighted by Gasteiger charge is 2.39. The lowest BCUT2D eigenvalue weighted by molar-refractivity contribution is -0.136. The van der Waals surface area contributed by atoms with Crippen molar-refractivity contribution >= 4 is 17.7 Å². The lowest BCUT2D eigenvalue weighted by Gasteiger charge is -2.29. The number of nitrogens with zero attached hydrogens (tertiary/aromatic N) is 1. The van der Waals surface area contributed by atoms with Crippen molar-refractivity contribution in [2.45, 2.75) is 51.0 Å². The number of piperidine rings is 1. The van der Waals surface area contributed by atoms with E-state index in [9.17, 15) is 14.4 Å². The summed E-state index contributed by atoms with van der Waals surface area (Å²) in [5.74, 6) is -0.762. The van der Waals surface area contributed by atoms with Crippen LogP contribution < -0.4 is 16.0 Å². The van der Waals surface area contributed by atoms with Gasteiger partial charge in [-0.2, -0.15) is 0 Å². The lowest BCUT2D eigenvalue weighted by Crippen LogP contribution is -2.52. The second kappa shape index (κ2) is 8.24. The largest absolute Gasteiger partial charge is 0.322 e. The maximum absolute atomic E-state index is 13.2. The summed E-state index contributed by atoms with van der Waals surface area (Å²) in [5.41, 5.74) is 5.34. The zero-order valence-electron chi connectivity index (χ0n) is 17.3. The van der Waals surface area contributed by atoms with Gasteiger partial charge in [-0.1, -0.05) is 42.5 Å². The molecule has 1 fully saturated rings. The molecule has 3 aliphatic heterocycles. The maximum Gasteiger partial charge on any atom is 0.255 e. The molecule has 3 aliphatic rings. The second-order valence-electron chi connectivity index (χ2n) is 8.53. The van der Waals surface area contributed by atoms with Gasteiger partial charge >= 0.3 is 0 Å². The highest BCUT2D eigenvalue weighted by molar-refractivity contribution is 6.05. The summed E-state index contributed by atoms with van der Waals surface area (Å²) in [7, 11) is 0. The van der Waals surface area contributed by atoms with E-state index in [1.807, 2.05) is 18.2 Å². The van der Waals surface area contributed by atoms with Crippen molar-refractivity contribution in [3.8, 4) is 0 Å². The number of carbonyl (C=O) groups is 3. The number of fused-ring (bicyclic) bond motifs is 2. The van der Waals surface area contributed by atoms with E-state index in [0.29, 0.717) is 31.1 Å². The van der Waals surface area contributed by atoms with Crippen LogP contribution in [-0.2, 0) is 35.6 Å². The Labute approximate surface area is 181 Å². The lowest BCUT2D eigenvalue weighted by atomic mass is 9.96. The van der Waals surface area contributed by atoms with Gasteiger partial charge < -0.3 is 15.5 Å². The predicted molar refractivity (Wildman–Crippen MR) is 115 cm³/mol. The van der Waals surface area contributed by atoms with Crippen LogP contribution in [-0.4, -0.2) is 41.2 Å². The first-order chi connectivity index (χ1) is 15.1. The van der Waals surface area contributed by atoms with Gasteiger partial charge in [0.15, 0.2) is 0 Å². The monoisotopic (exact) mass is 418 g/mol. The highest BCUT2D eigenvalue weighted by Crippen LogP contribution is 2.29. The minimum atomic E-state index is -0.579. The van der Waals surface area contributed by atoms with Crippen molar-refractivity contribution in [1.82, 2.24) is 20.9 Å². The molecule has 0 radical (unpaired) electrons. The molecule has 0 aromatic heterocycles. The maximum atomic E-state index is 13.2. The molecule has 0 aliphatic carbocycles. The molecule has 2 unspecified atom stereocenters. The molecule has 2 atom stereocenters. The van der Waals surface area contributed by atoms with Crippen LogP contribution in [0.1, 0.15) is 45.5 Å². The van der Waals surface area contributed by atoms with Crippen molar-refractivity contribution in [3.05, 3.63) is 70.3 Å². The minimum Gasteiger partial charge on any atom is -0.322 e. The molecule has 31 heavy (non-hydrogen) atoms. The third-order valence-electron chi connectivity index (χ3n) is 6.51. The van der Waals surface area contributed by atoms with Crippen LogP contribution in [0.3, 0.4) is 0 Å². The number of benzene rings is 2. The summed E-state index contributed by atoms with van der Waals surface area (Å²) in [4.78, 5) is 38.5. The number of hydrogen-bond donors (Lipinski definition) is 3. The van der Waals surface area contributed by atoms with Gasteiger partial charge in [0.25, 0.3) is 5.91 Å². The van der Waals surface area contributed by atoms with Gasteiger partial charge in [0, 0.05) is 44.2 Å². The van der Waals surface area contributed by atoms with Crippen LogP contribution >= 0.6 is 0 Å². The van der Waals surface area contributed by atoms with E-state index in [4.69, 9.17) is 0 Å². The minimum absolute atomic E-state index is 0.119. The van der Waals surface area contributed by atoms with Crippen LogP contribution in [0, 0.1) is 0 Å². The smallest absolute Gasteiger partial charge is 0.255 e. The van der Waals surface area contributed by atoms with E-state index in [1.165, 1.54) is 11.1 Å². The topological polar surface area (TPSA) is 90.5 Å². The van der Waals surface area contributed by atoms with Gasteiger partial charge in [-0.3, -0.25) is 19.7 Å². The van der Waals surface area contributed by atoms with Gasteiger partial charge in [0.1, 0.15) is 6.04 Å². The number of rotatable bonds is 5. The standard InChI is InChI=1S/C24H26N4O3/c29-21-9-8-20(23(30)27-21)28-14-18-7-3-6-17(22(18)24(28)31)11-25-13-19-10-15-4-1-2-5-16(15)12-26-19/h1-7,19-20,25-26H,8-14H2,(H,27,29,30). The fraction of sp³-hybridized carbons (Fsp3) is 0.375. The third kappa shape index (κ3) is 3.86. The molecule has 3 N–H and O–H groups in total. The highest BCUT2D eigenvalue weighted by atomic mass is 16.2. The van der Waals surface area contributed by atoms with E-state index in [2.05, 4.69) is 40.2 Å². The zero-order chi connectivity index (χ0) is 21.4. The molecule has 2 aromatic rings. The molecular formula is C24H26N4O3. The Morgan fingerprint density at radius 3 is 2.65 bits per heavy atom.